The van der Waals surface area contributed by atoms with Gasteiger partial charge in [-0.05, 0) is 18.7 Å². The molecule has 2 bridgehead atoms. The Labute approximate surface area is 177 Å². The molecular weight excluding hydrogens is 382 g/mol. The number of likely N-dealkylation sites (tertiary alicyclic amines) is 1. The summed E-state index contributed by atoms with van der Waals surface area (Å²) in [4.78, 5) is 32.7. The molecule has 4 atom stereocenters. The first-order chi connectivity index (χ1) is 14.6. The number of hydrogen-bond donors (Lipinski definition) is 0. The van der Waals surface area contributed by atoms with Crippen LogP contribution in [0.25, 0.3) is 0 Å². The van der Waals surface area contributed by atoms with Crippen molar-refractivity contribution < 1.29 is 19.1 Å². The van der Waals surface area contributed by atoms with Crippen LogP contribution in [0, 0.1) is 11.8 Å². The predicted octanol–water partition coefficient (Wildman–Crippen LogP) is 1.01. The fourth-order valence-corrected chi connectivity index (χ4v) is 5.34. The van der Waals surface area contributed by atoms with Gasteiger partial charge in [-0.3, -0.25) is 9.59 Å². The highest BCUT2D eigenvalue weighted by Gasteiger charge is 2.67. The lowest BCUT2D eigenvalue weighted by Gasteiger charge is -2.37. The van der Waals surface area contributed by atoms with Gasteiger partial charge in [0, 0.05) is 26.2 Å². The molecule has 5 rings (SSSR count). The first-order valence-corrected chi connectivity index (χ1v) is 11.0. The summed E-state index contributed by atoms with van der Waals surface area (Å²) in [6.07, 6.45) is 3.72. The van der Waals surface area contributed by atoms with Gasteiger partial charge in [0.15, 0.2) is 0 Å². The molecule has 30 heavy (non-hydrogen) atoms. The summed E-state index contributed by atoms with van der Waals surface area (Å²) in [5.74, 6) is 0.0577. The topological polar surface area (TPSA) is 62.3 Å². The molecule has 1 aromatic carbocycles. The highest BCUT2D eigenvalue weighted by atomic mass is 16.5. The monoisotopic (exact) mass is 411 g/mol. The molecule has 3 fully saturated rings. The molecule has 160 valence electrons. The Kier molecular flexibility index (Phi) is 5.03. The summed E-state index contributed by atoms with van der Waals surface area (Å²) in [7, 11) is 0. The van der Waals surface area contributed by atoms with Gasteiger partial charge in [0.25, 0.3) is 0 Å². The number of likely N-dealkylation sites (N-methyl/N-ethyl adjacent to an activating group) is 1. The van der Waals surface area contributed by atoms with Crippen LogP contribution in [0.1, 0.15) is 6.92 Å². The number of fused-ring (bicyclic) bond motifs is 1. The molecule has 1 aromatic rings. The van der Waals surface area contributed by atoms with E-state index in [2.05, 4.69) is 11.8 Å². The zero-order chi connectivity index (χ0) is 20.7. The van der Waals surface area contributed by atoms with Crippen LogP contribution < -0.4 is 4.74 Å². The van der Waals surface area contributed by atoms with Gasteiger partial charge in [-0.1, -0.05) is 37.3 Å². The highest BCUT2D eigenvalue weighted by molar-refractivity contribution is 5.93. The van der Waals surface area contributed by atoms with Gasteiger partial charge in [0.05, 0.1) is 31.0 Å². The van der Waals surface area contributed by atoms with Crippen LogP contribution in [0.2, 0.25) is 0 Å². The Balaban J connectivity index is 1.25. The van der Waals surface area contributed by atoms with Gasteiger partial charge < -0.3 is 24.2 Å². The number of carbonyl (C=O) groups is 2. The van der Waals surface area contributed by atoms with Crippen LogP contribution in [0.4, 0.5) is 0 Å². The van der Waals surface area contributed by atoms with Crippen LogP contribution in [0.15, 0.2) is 42.5 Å². The summed E-state index contributed by atoms with van der Waals surface area (Å²) in [6, 6.07) is 9.59. The second-order valence-electron chi connectivity index (χ2n) is 8.58. The molecule has 4 aliphatic heterocycles. The van der Waals surface area contributed by atoms with E-state index in [-0.39, 0.29) is 17.9 Å². The van der Waals surface area contributed by atoms with E-state index in [0.29, 0.717) is 19.7 Å². The summed E-state index contributed by atoms with van der Waals surface area (Å²) in [5, 5.41) is 0. The Morgan fingerprint density at radius 2 is 1.97 bits per heavy atom. The first-order valence-electron chi connectivity index (χ1n) is 11.0. The van der Waals surface area contributed by atoms with E-state index in [4.69, 9.17) is 9.47 Å². The molecular formula is C23H29N3O4. The molecule has 0 aliphatic carbocycles. The van der Waals surface area contributed by atoms with Crippen LogP contribution in [-0.2, 0) is 14.3 Å². The van der Waals surface area contributed by atoms with E-state index >= 15 is 0 Å². The Hall–Kier alpha value is -2.38. The second-order valence-corrected chi connectivity index (χ2v) is 8.58. The summed E-state index contributed by atoms with van der Waals surface area (Å²) < 4.78 is 12.0. The number of rotatable bonds is 6. The van der Waals surface area contributed by atoms with Crippen molar-refractivity contribution in [3.63, 3.8) is 0 Å². The van der Waals surface area contributed by atoms with E-state index < -0.39 is 17.4 Å². The second kappa shape index (κ2) is 7.71. The first kappa shape index (κ1) is 19.6. The third kappa shape index (κ3) is 3.20. The molecule has 4 heterocycles. The van der Waals surface area contributed by atoms with Crippen LogP contribution in [-0.4, -0.2) is 90.6 Å². The summed E-state index contributed by atoms with van der Waals surface area (Å²) >= 11 is 0. The minimum absolute atomic E-state index is 0.0176. The zero-order valence-corrected chi connectivity index (χ0v) is 17.4. The van der Waals surface area contributed by atoms with Gasteiger partial charge in [-0.2, -0.15) is 0 Å². The Morgan fingerprint density at radius 1 is 1.20 bits per heavy atom. The van der Waals surface area contributed by atoms with Gasteiger partial charge in [-0.15, -0.1) is 0 Å². The fraction of sp³-hybridized carbons (Fsp3) is 0.565. The fourth-order valence-electron chi connectivity index (χ4n) is 5.34. The molecule has 4 aliphatic rings. The number of nitrogens with zero attached hydrogens (tertiary/aromatic N) is 3. The lowest BCUT2D eigenvalue weighted by atomic mass is 9.76. The van der Waals surface area contributed by atoms with Gasteiger partial charge in [0.1, 0.15) is 18.0 Å². The summed E-state index contributed by atoms with van der Waals surface area (Å²) in [6.45, 7) is 7.78. The van der Waals surface area contributed by atoms with E-state index in [9.17, 15) is 9.59 Å². The predicted molar refractivity (Wildman–Crippen MR) is 111 cm³/mol. The zero-order valence-electron chi connectivity index (χ0n) is 17.4. The number of amides is 2. The Morgan fingerprint density at radius 3 is 2.70 bits per heavy atom. The lowest BCUT2D eigenvalue weighted by molar-refractivity contribution is -0.144. The lowest BCUT2D eigenvalue weighted by Crippen LogP contribution is -2.53. The maximum atomic E-state index is 13.4. The molecule has 2 amide bonds. The van der Waals surface area contributed by atoms with Gasteiger partial charge in [-0.25, -0.2) is 0 Å². The van der Waals surface area contributed by atoms with Gasteiger partial charge in [0.2, 0.25) is 11.8 Å². The maximum absolute atomic E-state index is 13.4. The van der Waals surface area contributed by atoms with Crippen molar-refractivity contribution in [1.29, 1.82) is 0 Å². The smallest absolute Gasteiger partial charge is 0.230 e. The van der Waals surface area contributed by atoms with Gasteiger partial charge >= 0.3 is 0 Å². The minimum Gasteiger partial charge on any atom is -0.492 e. The van der Waals surface area contributed by atoms with Crippen molar-refractivity contribution in [2.45, 2.75) is 18.6 Å². The molecule has 7 nitrogen and oxygen atoms in total. The molecule has 0 radical (unpaired) electrons. The van der Waals surface area contributed by atoms with Crippen LogP contribution in [0.3, 0.4) is 0 Å². The molecule has 0 unspecified atom stereocenters. The number of carbonyl (C=O) groups excluding carboxylic acids is 2. The van der Waals surface area contributed by atoms with E-state index in [1.807, 2.05) is 47.4 Å². The largest absolute Gasteiger partial charge is 0.492 e. The molecule has 0 saturated carbocycles. The SMILES string of the molecule is CCN1CCN(C(=O)[C@H]2[C@@H]3C=C[C@@]4(CN(CCOc5ccccc5)C(=O)[C@@H]24)O3)CC1. The third-order valence-electron chi connectivity index (χ3n) is 6.97. The summed E-state index contributed by atoms with van der Waals surface area (Å²) in [5.41, 5.74) is -0.653. The Bertz CT molecular complexity index is 836. The normalized spacial score (nSPS) is 32.7. The van der Waals surface area contributed by atoms with Crippen LogP contribution in [0.5, 0.6) is 5.75 Å². The molecule has 7 heteroatoms. The number of para-hydroxylation sites is 1. The third-order valence-corrected chi connectivity index (χ3v) is 6.97. The number of benzene rings is 1. The van der Waals surface area contributed by atoms with E-state index in [0.717, 1.165) is 38.5 Å². The van der Waals surface area contributed by atoms with Crippen molar-refractivity contribution in [3.05, 3.63) is 42.5 Å². The van der Waals surface area contributed by atoms with Crippen molar-refractivity contribution in [2.24, 2.45) is 11.8 Å². The van der Waals surface area contributed by atoms with Crippen molar-refractivity contribution in [2.75, 3.05) is 52.4 Å². The minimum atomic E-state index is -0.653. The van der Waals surface area contributed by atoms with E-state index in [1.165, 1.54) is 0 Å². The highest BCUT2D eigenvalue weighted by Crippen LogP contribution is 2.52. The number of ether oxygens (including phenoxy) is 2. The average molecular weight is 412 g/mol. The average Bonchev–Trinajstić information content (AvgIpc) is 3.42. The maximum Gasteiger partial charge on any atom is 0.230 e. The number of hydrogen-bond acceptors (Lipinski definition) is 5. The molecule has 0 aromatic heterocycles. The molecule has 0 N–H and O–H groups in total. The van der Waals surface area contributed by atoms with E-state index in [1.54, 1.807) is 4.90 Å². The van der Waals surface area contributed by atoms with Crippen molar-refractivity contribution in [3.8, 4) is 5.75 Å². The number of piperazine rings is 1. The molecule has 3 saturated heterocycles. The van der Waals surface area contributed by atoms with Crippen LogP contribution >= 0.6 is 0 Å². The standard InChI is InChI=1S/C23H29N3O4/c1-2-24-10-12-25(13-11-24)21(27)19-18-8-9-23(30-18)16-26(22(28)20(19)23)14-15-29-17-6-4-3-5-7-17/h3-9,18-20H,2,10-16H2,1H3/t18-,19-,20+,23-/m0/s1. The molecule has 1 spiro atoms. The van der Waals surface area contributed by atoms with Crippen molar-refractivity contribution in [1.82, 2.24) is 14.7 Å². The van der Waals surface area contributed by atoms with Crippen molar-refractivity contribution >= 4 is 11.8 Å². The quantitative estimate of drug-likeness (QED) is 0.654.